The molecule has 0 radical (unpaired) electrons. The summed E-state index contributed by atoms with van der Waals surface area (Å²) < 4.78 is 40.3. The number of hydrogen-bond donors (Lipinski definition) is 1. The molecule has 0 saturated carbocycles. The van der Waals surface area contributed by atoms with Gasteiger partial charge < -0.3 is 10.0 Å². The van der Waals surface area contributed by atoms with Crippen molar-refractivity contribution in [2.24, 2.45) is 0 Å². The summed E-state index contributed by atoms with van der Waals surface area (Å²) in [5, 5.41) is 12.5. The van der Waals surface area contributed by atoms with Crippen molar-refractivity contribution in [1.82, 2.24) is 14.7 Å². The minimum atomic E-state index is -4.89. The molecule has 140 valence electrons. The van der Waals surface area contributed by atoms with E-state index in [0.29, 0.717) is 23.0 Å². The number of aromatic carboxylic acids is 1. The molecule has 0 bridgehead atoms. The van der Waals surface area contributed by atoms with Crippen molar-refractivity contribution in [3.8, 4) is 5.69 Å². The summed E-state index contributed by atoms with van der Waals surface area (Å²) >= 11 is 0. The van der Waals surface area contributed by atoms with E-state index in [9.17, 15) is 22.8 Å². The lowest BCUT2D eigenvalue weighted by Crippen LogP contribution is -2.36. The van der Waals surface area contributed by atoms with E-state index in [4.69, 9.17) is 5.11 Å². The van der Waals surface area contributed by atoms with Crippen molar-refractivity contribution in [3.63, 3.8) is 0 Å². The molecule has 1 aromatic carbocycles. The van der Waals surface area contributed by atoms with Gasteiger partial charge in [-0.15, -0.1) is 0 Å². The van der Waals surface area contributed by atoms with Gasteiger partial charge in [0.05, 0.1) is 11.9 Å². The van der Waals surface area contributed by atoms with Crippen LogP contribution in [0.4, 0.5) is 13.2 Å². The summed E-state index contributed by atoms with van der Waals surface area (Å²) in [7, 11) is 0. The maximum atomic E-state index is 13.3. The molecule has 0 aliphatic carbocycles. The van der Waals surface area contributed by atoms with E-state index < -0.39 is 23.4 Å². The molecule has 26 heavy (non-hydrogen) atoms. The van der Waals surface area contributed by atoms with Crippen LogP contribution in [0.2, 0.25) is 0 Å². The second-order valence-corrected chi connectivity index (χ2v) is 5.85. The molecule has 6 nitrogen and oxygen atoms in total. The molecule has 1 heterocycles. The van der Waals surface area contributed by atoms with Gasteiger partial charge in [0.15, 0.2) is 5.69 Å². The smallest absolute Gasteiger partial charge is 0.434 e. The van der Waals surface area contributed by atoms with Crippen LogP contribution in [0, 0.1) is 0 Å². The van der Waals surface area contributed by atoms with E-state index >= 15 is 0 Å². The van der Waals surface area contributed by atoms with Gasteiger partial charge >= 0.3 is 12.1 Å². The van der Waals surface area contributed by atoms with Crippen LogP contribution in [0.5, 0.6) is 0 Å². The Labute approximate surface area is 147 Å². The maximum Gasteiger partial charge on any atom is 0.434 e. The highest BCUT2D eigenvalue weighted by atomic mass is 19.4. The number of amides is 1. The van der Waals surface area contributed by atoms with Crippen molar-refractivity contribution < 1.29 is 27.9 Å². The van der Waals surface area contributed by atoms with Gasteiger partial charge in [-0.2, -0.15) is 18.3 Å². The first-order valence-electron chi connectivity index (χ1n) is 7.87. The third-order valence-electron chi connectivity index (χ3n) is 3.85. The van der Waals surface area contributed by atoms with Gasteiger partial charge in [0, 0.05) is 18.2 Å². The zero-order valence-electron chi connectivity index (χ0n) is 14.4. The molecular weight excluding hydrogens is 351 g/mol. The Hall–Kier alpha value is -2.84. The number of benzene rings is 1. The fraction of sp³-hybridized carbons (Fsp3) is 0.353. The lowest BCUT2D eigenvalue weighted by molar-refractivity contribution is -0.143. The molecule has 2 aromatic rings. The lowest BCUT2D eigenvalue weighted by atomic mass is 10.1. The first kappa shape index (κ1) is 19.5. The number of rotatable bonds is 5. The summed E-state index contributed by atoms with van der Waals surface area (Å²) in [5.41, 5.74) is -1.98. The molecule has 0 aliphatic rings. The summed E-state index contributed by atoms with van der Waals surface area (Å²) in [5.74, 6) is -1.96. The van der Waals surface area contributed by atoms with Crippen molar-refractivity contribution in [1.29, 1.82) is 0 Å². The zero-order chi connectivity index (χ0) is 19.6. The monoisotopic (exact) mass is 369 g/mol. The van der Waals surface area contributed by atoms with Crippen LogP contribution in [-0.4, -0.2) is 44.3 Å². The topological polar surface area (TPSA) is 75.4 Å². The lowest BCUT2D eigenvalue weighted by Gasteiger charge is -2.25. The van der Waals surface area contributed by atoms with Crippen LogP contribution in [0.3, 0.4) is 0 Å². The largest absolute Gasteiger partial charge is 0.478 e. The highest BCUT2D eigenvalue weighted by molar-refractivity contribution is 5.94. The van der Waals surface area contributed by atoms with Gasteiger partial charge in [0.1, 0.15) is 5.56 Å². The number of carboxylic acids is 1. The van der Waals surface area contributed by atoms with Crippen LogP contribution >= 0.6 is 0 Å². The Morgan fingerprint density at radius 2 is 1.81 bits per heavy atom. The van der Waals surface area contributed by atoms with Gasteiger partial charge in [-0.3, -0.25) is 4.79 Å². The van der Waals surface area contributed by atoms with Crippen LogP contribution in [0.1, 0.15) is 47.2 Å². The summed E-state index contributed by atoms with van der Waals surface area (Å²) in [6.07, 6.45) is -4.24. The van der Waals surface area contributed by atoms with Gasteiger partial charge in [0.2, 0.25) is 0 Å². The molecule has 2 rings (SSSR count). The average molecular weight is 369 g/mol. The Balaban J connectivity index is 2.44. The molecule has 1 amide bonds. The van der Waals surface area contributed by atoms with Crippen molar-refractivity contribution in [2.75, 3.05) is 6.54 Å². The molecule has 1 aromatic heterocycles. The van der Waals surface area contributed by atoms with Crippen molar-refractivity contribution >= 4 is 11.9 Å². The predicted octanol–water partition coefficient (Wildman–Crippen LogP) is 3.46. The van der Waals surface area contributed by atoms with E-state index in [1.807, 2.05) is 20.8 Å². The minimum Gasteiger partial charge on any atom is -0.478 e. The summed E-state index contributed by atoms with van der Waals surface area (Å²) in [6.45, 7) is 6.06. The van der Waals surface area contributed by atoms with Gasteiger partial charge in [-0.05, 0) is 45.0 Å². The number of carbonyl (C=O) groups is 2. The predicted molar refractivity (Wildman–Crippen MR) is 87.4 cm³/mol. The molecule has 0 saturated heterocycles. The molecule has 0 aliphatic heterocycles. The highest BCUT2D eigenvalue weighted by Gasteiger charge is 2.40. The number of hydrogen-bond acceptors (Lipinski definition) is 3. The number of nitrogens with zero attached hydrogens (tertiary/aromatic N) is 3. The molecule has 0 spiro atoms. The van der Waals surface area contributed by atoms with Gasteiger partial charge in [-0.25, -0.2) is 9.48 Å². The van der Waals surface area contributed by atoms with E-state index in [2.05, 4.69) is 5.10 Å². The second kappa shape index (κ2) is 7.19. The molecule has 1 N–H and O–H groups in total. The standard InChI is InChI=1S/C17H18F3N3O3/c1-4-22(10(2)3)15(24)11-5-7-12(8-6-11)23-14(17(18,19)20)13(9-21-23)16(25)26/h5-10H,4H2,1-3H3,(H,25,26). The molecule has 0 atom stereocenters. The van der Waals surface area contributed by atoms with Crippen LogP contribution in [0.25, 0.3) is 5.69 Å². The van der Waals surface area contributed by atoms with Crippen molar-refractivity contribution in [3.05, 3.63) is 47.3 Å². The summed E-state index contributed by atoms with van der Waals surface area (Å²) in [4.78, 5) is 25.1. The number of aromatic nitrogens is 2. The normalized spacial score (nSPS) is 11.7. The number of carboxylic acid groups (broad SMARTS) is 1. The average Bonchev–Trinajstić information content (AvgIpc) is 3.00. The number of carbonyl (C=O) groups excluding carboxylic acids is 1. The van der Waals surface area contributed by atoms with E-state index in [1.165, 1.54) is 24.3 Å². The Bertz CT molecular complexity index is 811. The van der Waals surface area contributed by atoms with Crippen molar-refractivity contribution in [2.45, 2.75) is 33.0 Å². The van der Waals surface area contributed by atoms with Gasteiger partial charge in [-0.1, -0.05) is 0 Å². The Morgan fingerprint density at radius 1 is 1.23 bits per heavy atom. The molecular formula is C17H18F3N3O3. The van der Waals surface area contributed by atoms with Crippen LogP contribution in [-0.2, 0) is 6.18 Å². The first-order valence-corrected chi connectivity index (χ1v) is 7.87. The van der Waals surface area contributed by atoms with Gasteiger partial charge in [0.25, 0.3) is 5.91 Å². The maximum absolute atomic E-state index is 13.3. The Morgan fingerprint density at radius 3 is 2.23 bits per heavy atom. The summed E-state index contributed by atoms with van der Waals surface area (Å²) in [6, 6.07) is 5.37. The van der Waals surface area contributed by atoms with E-state index in [1.54, 1.807) is 4.90 Å². The first-order chi connectivity index (χ1) is 12.1. The molecule has 9 heteroatoms. The van der Waals surface area contributed by atoms with E-state index in [0.717, 1.165) is 0 Å². The van der Waals surface area contributed by atoms with Crippen LogP contribution < -0.4 is 0 Å². The fourth-order valence-corrected chi connectivity index (χ4v) is 2.63. The highest BCUT2D eigenvalue weighted by Crippen LogP contribution is 2.33. The third-order valence-corrected chi connectivity index (χ3v) is 3.85. The van der Waals surface area contributed by atoms with E-state index in [-0.39, 0.29) is 17.6 Å². The quantitative estimate of drug-likeness (QED) is 0.876. The SMILES string of the molecule is CCN(C(=O)c1ccc(-n2ncc(C(=O)O)c2C(F)(F)F)cc1)C(C)C. The number of halogens is 3. The van der Waals surface area contributed by atoms with Crippen LogP contribution in [0.15, 0.2) is 30.5 Å². The Kier molecular flexibility index (Phi) is 5.38. The zero-order valence-corrected chi connectivity index (χ0v) is 14.4. The molecule has 0 fully saturated rings. The molecule has 0 unspecified atom stereocenters. The fourth-order valence-electron chi connectivity index (χ4n) is 2.63. The second-order valence-electron chi connectivity index (χ2n) is 5.85. The third kappa shape index (κ3) is 3.71. The minimum absolute atomic E-state index is 0.00831. The number of alkyl halides is 3.